The smallest absolute Gasteiger partial charge is 0.338 e. The average Bonchev–Trinajstić information content (AvgIpc) is 1.56. The van der Waals surface area contributed by atoms with Crippen molar-refractivity contribution < 1.29 is 19.1 Å². The van der Waals surface area contributed by atoms with Gasteiger partial charge in [0, 0.05) is 38.2 Å². The summed E-state index contributed by atoms with van der Waals surface area (Å²) in [6.07, 6.45) is 0. The second-order valence-electron chi connectivity index (χ2n) is 22.7. The van der Waals surface area contributed by atoms with Gasteiger partial charge >= 0.3 is 11.9 Å². The minimum absolute atomic E-state index is 0.119. The third-order valence-corrected chi connectivity index (χ3v) is 17.0. The first-order chi connectivity index (χ1) is 46.2. The van der Waals surface area contributed by atoms with Crippen molar-refractivity contribution in [2.75, 3.05) is 0 Å². The Bertz CT molecular complexity index is 5360. The molecule has 12 heteroatoms. The Morgan fingerprint density at radius 1 is 0.319 bits per heavy atom. The highest BCUT2D eigenvalue weighted by molar-refractivity contribution is 6.13. The number of fused-ring (bicyclic) bond motifs is 6. The van der Waals surface area contributed by atoms with E-state index < -0.39 is 11.9 Å². The average molecular weight is 1210 g/mol. The molecule has 0 aliphatic rings. The Hall–Kier alpha value is -13.3. The van der Waals surface area contributed by atoms with Gasteiger partial charge in [-0.05, 0) is 160 Å². The zero-order valence-electron chi connectivity index (χ0n) is 50.2. The van der Waals surface area contributed by atoms with Crippen LogP contribution in [-0.2, 0) is 22.7 Å². The molecule has 0 amide bonds. The van der Waals surface area contributed by atoms with Crippen LogP contribution in [0.15, 0.2) is 279 Å². The van der Waals surface area contributed by atoms with Crippen LogP contribution < -0.4 is 0 Å². The van der Waals surface area contributed by atoms with Crippen LogP contribution in [0.3, 0.4) is 0 Å². The van der Waals surface area contributed by atoms with Crippen molar-refractivity contribution in [1.29, 1.82) is 15.8 Å². The highest BCUT2D eigenvalue weighted by Crippen LogP contribution is 2.42. The lowest BCUT2D eigenvalue weighted by molar-refractivity contribution is 0.0464. The first-order valence-electron chi connectivity index (χ1n) is 30.4. The Morgan fingerprint density at radius 2 is 0.713 bits per heavy atom. The topological polar surface area (TPSA) is 172 Å². The molecule has 0 aliphatic carbocycles. The molecule has 15 rings (SSSR count). The van der Waals surface area contributed by atoms with Crippen molar-refractivity contribution in [3.8, 4) is 97.1 Å². The third kappa shape index (κ3) is 10.9. The Labute approximate surface area is 540 Å². The predicted molar refractivity (Wildman–Crippen MR) is 366 cm³/mol. The predicted octanol–water partition coefficient (Wildman–Crippen LogP) is 18.4. The SMILES string of the molecule is N#Cc1ccc(-c2cccc(-c3nc(-c4ccc(-c5cccc(C#N)c5)cc4-n4c5ccccc5c5cc(C(=O)OCc6ccccc6)ccc54)nc(-c4ccc(-c5cccc(C#N)c5)cc4-n4c5ccccc5c5cc(C(=O)OCc6ccccc6)ccc54)n3)c2)cc1. The van der Waals surface area contributed by atoms with Crippen LogP contribution >= 0.6 is 0 Å². The van der Waals surface area contributed by atoms with Crippen molar-refractivity contribution in [3.05, 3.63) is 318 Å². The molecule has 0 radical (unpaired) electrons. The number of hydrogen-bond acceptors (Lipinski definition) is 10. The molecule has 3 aromatic heterocycles. The molecule has 0 atom stereocenters. The maximum Gasteiger partial charge on any atom is 0.338 e. The highest BCUT2D eigenvalue weighted by atomic mass is 16.5. The largest absolute Gasteiger partial charge is 0.457 e. The van der Waals surface area contributed by atoms with Gasteiger partial charge < -0.3 is 18.6 Å². The molecule has 3 heterocycles. The molecule has 15 aromatic rings. The van der Waals surface area contributed by atoms with Gasteiger partial charge in [0.25, 0.3) is 0 Å². The molecule has 0 bridgehead atoms. The van der Waals surface area contributed by atoms with Crippen molar-refractivity contribution in [2.24, 2.45) is 0 Å². The van der Waals surface area contributed by atoms with E-state index in [9.17, 15) is 25.4 Å². The standard InChI is InChI=1S/C82H50N8O4/c83-47-52-28-30-57(31-29-52)60-22-13-23-63(42-60)78-86-79(68-36-32-61(58-20-11-18-55(40-58)48-84)45-76(68)89-72-26-9-7-24-66(72)70-43-64(34-38-74(70)89)81(91)93-50-53-14-3-1-4-15-53)88-80(87-78)69-37-33-62(59-21-12-19-56(41-59)49-85)46-77(69)90-73-27-10-8-25-67(73)71-44-65(35-39-75(71)90)82(92)94-51-54-16-5-2-6-17-54/h1-46H,50-51H2. The van der Waals surface area contributed by atoms with Crippen LogP contribution in [0.1, 0.15) is 48.5 Å². The number of carbonyl (C=O) groups excluding carboxylic acids is 2. The normalized spacial score (nSPS) is 11.1. The van der Waals surface area contributed by atoms with E-state index in [0.717, 1.165) is 88.1 Å². The van der Waals surface area contributed by atoms with E-state index in [4.69, 9.17) is 24.4 Å². The minimum Gasteiger partial charge on any atom is -0.457 e. The van der Waals surface area contributed by atoms with Gasteiger partial charge in [0.15, 0.2) is 17.5 Å². The van der Waals surface area contributed by atoms with Crippen LogP contribution in [0, 0.1) is 34.0 Å². The second-order valence-corrected chi connectivity index (χ2v) is 22.7. The van der Waals surface area contributed by atoms with E-state index in [-0.39, 0.29) is 13.2 Å². The van der Waals surface area contributed by atoms with E-state index >= 15 is 0 Å². The zero-order valence-corrected chi connectivity index (χ0v) is 50.2. The van der Waals surface area contributed by atoms with E-state index in [0.29, 0.717) is 73.4 Å². The maximum absolute atomic E-state index is 13.9. The van der Waals surface area contributed by atoms with Gasteiger partial charge in [0.2, 0.25) is 0 Å². The Kier molecular flexibility index (Phi) is 14.9. The molecule has 12 nitrogen and oxygen atoms in total. The number of aromatic nitrogens is 5. The molecule has 12 aromatic carbocycles. The first-order valence-corrected chi connectivity index (χ1v) is 30.4. The summed E-state index contributed by atoms with van der Waals surface area (Å²) in [5, 5.41) is 33.4. The van der Waals surface area contributed by atoms with Gasteiger partial charge in [-0.25, -0.2) is 24.5 Å². The number of esters is 2. The van der Waals surface area contributed by atoms with Crippen molar-refractivity contribution in [1.82, 2.24) is 24.1 Å². The van der Waals surface area contributed by atoms with Crippen LogP contribution in [0.5, 0.6) is 0 Å². The second kappa shape index (κ2) is 24.6. The van der Waals surface area contributed by atoms with Crippen molar-refractivity contribution >= 4 is 55.6 Å². The summed E-state index contributed by atoms with van der Waals surface area (Å²) >= 11 is 0. The quantitative estimate of drug-likeness (QED) is 0.0954. The number of rotatable bonds is 14. The Morgan fingerprint density at radius 3 is 1.19 bits per heavy atom. The number of nitrogens with zero attached hydrogens (tertiary/aromatic N) is 8. The monoisotopic (exact) mass is 1210 g/mol. The summed E-state index contributed by atoms with van der Waals surface area (Å²) in [4.78, 5) is 44.4. The van der Waals surface area contributed by atoms with Crippen molar-refractivity contribution in [2.45, 2.75) is 13.2 Å². The molecule has 442 valence electrons. The molecular formula is C82H50N8O4. The fourth-order valence-electron chi connectivity index (χ4n) is 12.4. The number of benzene rings is 12. The number of hydrogen-bond donors (Lipinski definition) is 0. The fourth-order valence-corrected chi connectivity index (χ4v) is 12.4. The lowest BCUT2D eigenvalue weighted by Crippen LogP contribution is -2.07. The maximum atomic E-state index is 13.9. The molecule has 0 fully saturated rings. The number of ether oxygens (including phenoxy) is 2. The lowest BCUT2D eigenvalue weighted by Gasteiger charge is -2.18. The molecule has 0 saturated carbocycles. The Balaban J connectivity index is 0.971. The third-order valence-electron chi connectivity index (χ3n) is 17.0. The number of nitriles is 3. The molecule has 0 N–H and O–H groups in total. The number of carbonyl (C=O) groups is 2. The van der Waals surface area contributed by atoms with Crippen molar-refractivity contribution in [3.63, 3.8) is 0 Å². The van der Waals surface area contributed by atoms with Crippen LogP contribution in [-0.4, -0.2) is 36.0 Å². The zero-order chi connectivity index (χ0) is 63.7. The van der Waals surface area contributed by atoms with E-state index in [1.54, 1.807) is 36.4 Å². The van der Waals surface area contributed by atoms with Crippen LogP contribution in [0.25, 0.3) is 123 Å². The fraction of sp³-hybridized carbons (Fsp3) is 0.0244. The molecule has 0 aliphatic heterocycles. The van der Waals surface area contributed by atoms with E-state index in [1.807, 2.05) is 218 Å². The van der Waals surface area contributed by atoms with E-state index in [2.05, 4.69) is 51.6 Å². The molecule has 94 heavy (non-hydrogen) atoms. The van der Waals surface area contributed by atoms with E-state index in [1.165, 1.54) is 0 Å². The summed E-state index contributed by atoms with van der Waals surface area (Å²) in [7, 11) is 0. The summed E-state index contributed by atoms with van der Waals surface area (Å²) < 4.78 is 16.1. The number of para-hydroxylation sites is 2. The molecule has 0 spiro atoms. The van der Waals surface area contributed by atoms with Crippen LogP contribution in [0.4, 0.5) is 0 Å². The molecule has 0 saturated heterocycles. The van der Waals surface area contributed by atoms with Crippen LogP contribution in [0.2, 0.25) is 0 Å². The lowest BCUT2D eigenvalue weighted by atomic mass is 9.99. The van der Waals surface area contributed by atoms with Gasteiger partial charge in [0.05, 0.1) is 79.5 Å². The highest BCUT2D eigenvalue weighted by Gasteiger charge is 2.25. The first kappa shape index (κ1) is 57.1. The van der Waals surface area contributed by atoms with Gasteiger partial charge in [-0.1, -0.05) is 164 Å². The van der Waals surface area contributed by atoms with Gasteiger partial charge in [-0.2, -0.15) is 15.8 Å². The van der Waals surface area contributed by atoms with Gasteiger partial charge in [-0.15, -0.1) is 0 Å². The van der Waals surface area contributed by atoms with Gasteiger partial charge in [0.1, 0.15) is 13.2 Å². The molecular weight excluding hydrogens is 1160 g/mol. The summed E-state index contributed by atoms with van der Waals surface area (Å²) in [5.41, 5.74) is 15.8. The van der Waals surface area contributed by atoms with Gasteiger partial charge in [-0.3, -0.25) is 0 Å². The summed E-state index contributed by atoms with van der Waals surface area (Å²) in [6, 6.07) is 96.1. The summed E-state index contributed by atoms with van der Waals surface area (Å²) in [6.45, 7) is 0.237. The summed E-state index contributed by atoms with van der Waals surface area (Å²) in [5.74, 6) is 0.125. The molecule has 0 unspecified atom stereocenters. The minimum atomic E-state index is -0.455.